The fourth-order valence-corrected chi connectivity index (χ4v) is 2.67. The summed E-state index contributed by atoms with van der Waals surface area (Å²) in [5, 5.41) is 4.04. The first kappa shape index (κ1) is 16.9. The second-order valence-corrected chi connectivity index (χ2v) is 6.07. The summed E-state index contributed by atoms with van der Waals surface area (Å²) in [6.07, 6.45) is 0. The molecule has 0 atom stereocenters. The molecule has 0 aliphatic heterocycles. The van der Waals surface area contributed by atoms with E-state index in [1.807, 2.05) is 69.3 Å². The molecule has 0 bridgehead atoms. The first-order chi connectivity index (χ1) is 12.1. The highest BCUT2D eigenvalue weighted by molar-refractivity contribution is 5.94. The number of hydrogen-bond donors (Lipinski definition) is 0. The fourth-order valence-electron chi connectivity index (χ4n) is 2.67. The Kier molecular flexibility index (Phi) is 4.93. The van der Waals surface area contributed by atoms with Crippen molar-refractivity contribution in [3.63, 3.8) is 0 Å². The quantitative estimate of drug-likeness (QED) is 0.707. The number of hydrogen-bond acceptors (Lipinski definition) is 4. The topological polar surface area (TPSA) is 59.2 Å². The molecule has 5 nitrogen and oxygen atoms in total. The summed E-state index contributed by atoms with van der Waals surface area (Å²) in [6, 6.07) is 15.5. The molecule has 0 saturated heterocycles. The van der Waals surface area contributed by atoms with E-state index in [1.54, 1.807) is 4.90 Å². The van der Waals surface area contributed by atoms with E-state index < -0.39 is 0 Å². The molecule has 1 aromatic heterocycles. The molecule has 5 heteroatoms. The molecule has 2 aromatic carbocycles. The molecule has 25 heavy (non-hydrogen) atoms. The van der Waals surface area contributed by atoms with Crippen LogP contribution in [0.2, 0.25) is 0 Å². The van der Waals surface area contributed by atoms with Crippen molar-refractivity contribution < 1.29 is 9.32 Å². The molecule has 1 heterocycles. The standard InChI is InChI=1S/C20H21N3O2/c1-4-23(20(24)17-10-6-8-15(3)12-17)13-18-21-19(22-25-18)16-9-5-7-14(2)11-16/h5-12H,4,13H2,1-3H3. The van der Waals surface area contributed by atoms with Crippen LogP contribution in [0.25, 0.3) is 11.4 Å². The Morgan fingerprint density at radius 1 is 1.08 bits per heavy atom. The SMILES string of the molecule is CCN(Cc1nc(-c2cccc(C)c2)no1)C(=O)c1cccc(C)c1. The number of carbonyl (C=O) groups is 1. The number of nitrogens with zero attached hydrogens (tertiary/aromatic N) is 3. The molecule has 1 amide bonds. The molecule has 0 radical (unpaired) electrons. The zero-order chi connectivity index (χ0) is 17.8. The van der Waals surface area contributed by atoms with E-state index in [9.17, 15) is 4.79 Å². The third-order valence-corrected chi connectivity index (χ3v) is 4.00. The van der Waals surface area contributed by atoms with Crippen LogP contribution in [0.15, 0.2) is 53.1 Å². The van der Waals surface area contributed by atoms with E-state index in [-0.39, 0.29) is 5.91 Å². The van der Waals surface area contributed by atoms with Gasteiger partial charge in [-0.15, -0.1) is 0 Å². The Morgan fingerprint density at radius 2 is 1.80 bits per heavy atom. The zero-order valence-corrected chi connectivity index (χ0v) is 14.7. The molecule has 3 aromatic rings. The lowest BCUT2D eigenvalue weighted by atomic mass is 10.1. The van der Waals surface area contributed by atoms with Crippen molar-refractivity contribution in [2.45, 2.75) is 27.3 Å². The summed E-state index contributed by atoms with van der Waals surface area (Å²) in [5.41, 5.74) is 3.76. The van der Waals surface area contributed by atoms with Gasteiger partial charge >= 0.3 is 0 Å². The molecule has 0 fully saturated rings. The van der Waals surface area contributed by atoms with Gasteiger partial charge in [0.25, 0.3) is 5.91 Å². The van der Waals surface area contributed by atoms with Gasteiger partial charge in [0.2, 0.25) is 11.7 Å². The van der Waals surface area contributed by atoms with Gasteiger partial charge in [-0.2, -0.15) is 4.98 Å². The number of aromatic nitrogens is 2. The van der Waals surface area contributed by atoms with Crippen LogP contribution in [0.1, 0.15) is 34.3 Å². The second kappa shape index (κ2) is 7.30. The average Bonchev–Trinajstić information content (AvgIpc) is 3.08. The van der Waals surface area contributed by atoms with Gasteiger partial charge < -0.3 is 9.42 Å². The molecule has 0 aliphatic rings. The van der Waals surface area contributed by atoms with E-state index in [0.717, 1.165) is 16.7 Å². The van der Waals surface area contributed by atoms with Crippen LogP contribution in [0.3, 0.4) is 0 Å². The van der Waals surface area contributed by atoms with E-state index in [2.05, 4.69) is 10.1 Å². The minimum absolute atomic E-state index is 0.0403. The van der Waals surface area contributed by atoms with Crippen LogP contribution in [-0.2, 0) is 6.54 Å². The van der Waals surface area contributed by atoms with Crippen LogP contribution in [-0.4, -0.2) is 27.5 Å². The second-order valence-electron chi connectivity index (χ2n) is 6.07. The molecular formula is C20H21N3O2. The van der Waals surface area contributed by atoms with Crippen molar-refractivity contribution in [2.24, 2.45) is 0 Å². The minimum atomic E-state index is -0.0403. The van der Waals surface area contributed by atoms with Crippen molar-refractivity contribution in [2.75, 3.05) is 6.54 Å². The summed E-state index contributed by atoms with van der Waals surface area (Å²) >= 11 is 0. The minimum Gasteiger partial charge on any atom is -0.337 e. The summed E-state index contributed by atoms with van der Waals surface area (Å²) < 4.78 is 5.35. The van der Waals surface area contributed by atoms with Gasteiger partial charge in [0.05, 0.1) is 0 Å². The number of rotatable bonds is 5. The Labute approximate surface area is 147 Å². The number of amides is 1. The van der Waals surface area contributed by atoms with Crippen LogP contribution in [0, 0.1) is 13.8 Å². The van der Waals surface area contributed by atoms with E-state index in [4.69, 9.17) is 4.52 Å². The number of carbonyl (C=O) groups excluding carboxylic acids is 1. The molecule has 128 valence electrons. The summed E-state index contributed by atoms with van der Waals surface area (Å²) in [6.45, 7) is 6.78. The maximum atomic E-state index is 12.7. The summed E-state index contributed by atoms with van der Waals surface area (Å²) in [4.78, 5) is 18.8. The number of benzene rings is 2. The highest BCUT2D eigenvalue weighted by Crippen LogP contribution is 2.18. The summed E-state index contributed by atoms with van der Waals surface area (Å²) in [5.74, 6) is 0.929. The Balaban J connectivity index is 1.77. The molecule has 0 aliphatic carbocycles. The van der Waals surface area contributed by atoms with Crippen molar-refractivity contribution in [3.05, 3.63) is 71.1 Å². The fraction of sp³-hybridized carbons (Fsp3) is 0.250. The highest BCUT2D eigenvalue weighted by atomic mass is 16.5. The first-order valence-corrected chi connectivity index (χ1v) is 8.32. The summed E-state index contributed by atoms with van der Waals surface area (Å²) in [7, 11) is 0. The Bertz CT molecular complexity index is 886. The lowest BCUT2D eigenvalue weighted by Crippen LogP contribution is -2.30. The Morgan fingerprint density at radius 3 is 2.48 bits per heavy atom. The van der Waals surface area contributed by atoms with Crippen molar-refractivity contribution in [1.29, 1.82) is 0 Å². The van der Waals surface area contributed by atoms with Crippen LogP contribution in [0.4, 0.5) is 0 Å². The molecule has 0 saturated carbocycles. The molecular weight excluding hydrogens is 314 g/mol. The smallest absolute Gasteiger partial charge is 0.254 e. The highest BCUT2D eigenvalue weighted by Gasteiger charge is 2.18. The lowest BCUT2D eigenvalue weighted by molar-refractivity contribution is 0.0734. The van der Waals surface area contributed by atoms with Crippen molar-refractivity contribution in [3.8, 4) is 11.4 Å². The van der Waals surface area contributed by atoms with Gasteiger partial charge in [0, 0.05) is 17.7 Å². The van der Waals surface area contributed by atoms with Gasteiger partial charge in [-0.25, -0.2) is 0 Å². The zero-order valence-electron chi connectivity index (χ0n) is 14.7. The molecule has 0 unspecified atom stereocenters. The largest absolute Gasteiger partial charge is 0.337 e. The van der Waals surface area contributed by atoms with Gasteiger partial charge in [-0.1, -0.05) is 46.6 Å². The monoisotopic (exact) mass is 335 g/mol. The average molecular weight is 335 g/mol. The van der Waals surface area contributed by atoms with Gasteiger partial charge in [-0.3, -0.25) is 4.79 Å². The molecule has 3 rings (SSSR count). The van der Waals surface area contributed by atoms with Crippen molar-refractivity contribution in [1.82, 2.24) is 15.0 Å². The normalized spacial score (nSPS) is 10.7. The predicted molar refractivity (Wildman–Crippen MR) is 96.1 cm³/mol. The van der Waals surface area contributed by atoms with E-state index in [0.29, 0.717) is 30.4 Å². The van der Waals surface area contributed by atoms with Crippen LogP contribution in [0.5, 0.6) is 0 Å². The molecule has 0 spiro atoms. The molecule has 0 N–H and O–H groups in total. The van der Waals surface area contributed by atoms with E-state index >= 15 is 0 Å². The third-order valence-electron chi connectivity index (χ3n) is 4.00. The van der Waals surface area contributed by atoms with Crippen LogP contribution >= 0.6 is 0 Å². The Hall–Kier alpha value is -2.95. The first-order valence-electron chi connectivity index (χ1n) is 8.32. The maximum Gasteiger partial charge on any atom is 0.254 e. The van der Waals surface area contributed by atoms with Gasteiger partial charge in [-0.05, 0) is 39.0 Å². The van der Waals surface area contributed by atoms with Crippen molar-refractivity contribution >= 4 is 5.91 Å². The van der Waals surface area contributed by atoms with Crippen LogP contribution < -0.4 is 0 Å². The van der Waals surface area contributed by atoms with Gasteiger partial charge in [0.1, 0.15) is 6.54 Å². The van der Waals surface area contributed by atoms with E-state index in [1.165, 1.54) is 0 Å². The predicted octanol–water partition coefficient (Wildman–Crippen LogP) is 4.02. The lowest BCUT2D eigenvalue weighted by Gasteiger charge is -2.19. The number of aryl methyl sites for hydroxylation is 2. The van der Waals surface area contributed by atoms with Gasteiger partial charge in [0.15, 0.2) is 0 Å². The maximum absolute atomic E-state index is 12.7. The third kappa shape index (κ3) is 3.94.